The lowest BCUT2D eigenvalue weighted by molar-refractivity contribution is -0.384. The van der Waals surface area contributed by atoms with Gasteiger partial charge < -0.3 is 63.1 Å². The van der Waals surface area contributed by atoms with Gasteiger partial charge in [0.2, 0.25) is 0 Å². The van der Waals surface area contributed by atoms with Crippen LogP contribution in [0.3, 0.4) is 0 Å². The molecule has 120 heavy (non-hydrogen) atoms. The van der Waals surface area contributed by atoms with E-state index in [1.165, 1.54) is 24.3 Å². The molecular weight excluding hydrogens is 1570 g/mol. The standard InChI is InChI=1S/C25H32F3NO4.C24H32ClNO4.C22H29NO5.C21H26N2O6/c1-8-13-32-23(30)20-16(6)29(14(2)3)17(7)21(24(31)33-15(4)5)22(20)18-9-11-19(12-10-18)25(26,27)28;1-8-13-29-23(27)20-16(6)26(14(2)3)17(7)21(24(28)30-15(4)5)22(20)18-9-11-19(25)12-10-18;1-7-12-27-21(24)18-14(4)23-15(5)19(22(25)28-13(2)3)20(18)16-8-10-17(26-6)11-9-16;1-6-11-28-20(24)17-13(4)22-14(5)18(21(25)29-12(2)3)19(17)15-7-9-16(10-8-15)23(26)27/h9-12,14-15,22H,8,13H2,1-7H3;9-12,14-15,22H,8,13H2,1-7H3;8-11,13,20,23H,7,12H2,1-6H3;7-10,12,19,22H,6,11H2,1-5H3. The molecule has 4 aliphatic rings. The number of methoxy groups -OCH3 is 1. The number of non-ortho nitro benzene ring substituents is 1. The SMILES string of the molecule is CCCOC(=O)C1=C(C)N(C(C)C)C(C)=C(C(=O)OC(C)C)C1c1ccc(C(F)(F)F)cc1.CCCOC(=O)C1=C(C)N(C(C)C)C(C)=C(C(=O)OC(C)C)C1c1ccc(Cl)cc1.CCCOC(=O)C1=C(C)NC(C)=C(C(=O)OC(C)C)C1c1ccc(OC)cc1.CCCOC(=O)C1=C(C)NC(C)=C(C(=O)OC(C)C)C1c1ccc([N+](=O)[O-])cc1. The highest BCUT2D eigenvalue weighted by atomic mass is 35.5. The van der Waals surface area contributed by atoms with Gasteiger partial charge in [0.05, 0.1) is 137 Å². The summed E-state index contributed by atoms with van der Waals surface area (Å²) in [5.74, 6) is -6.20. The van der Waals surface area contributed by atoms with Crippen molar-refractivity contribution in [3.8, 4) is 5.75 Å². The van der Waals surface area contributed by atoms with E-state index in [4.69, 9.17) is 54.2 Å². The number of ether oxygens (including phenoxy) is 9. The van der Waals surface area contributed by atoms with Gasteiger partial charge >= 0.3 is 53.9 Å². The molecule has 24 nitrogen and oxygen atoms in total. The second kappa shape index (κ2) is 45.4. The third kappa shape index (κ3) is 25.6. The predicted molar refractivity (Wildman–Crippen MR) is 452 cm³/mol. The Morgan fingerprint density at radius 3 is 0.875 bits per heavy atom. The average Bonchev–Trinajstić information content (AvgIpc) is 0.755. The summed E-state index contributed by atoms with van der Waals surface area (Å²) in [6, 6.07) is 24.8. The molecule has 4 atom stereocenters. The maximum atomic E-state index is 13.2. The lowest BCUT2D eigenvalue weighted by Gasteiger charge is -2.40. The van der Waals surface area contributed by atoms with Crippen molar-refractivity contribution in [2.75, 3.05) is 33.5 Å². The summed E-state index contributed by atoms with van der Waals surface area (Å²) in [7, 11) is 1.59. The van der Waals surface area contributed by atoms with Gasteiger partial charge in [-0.3, -0.25) is 10.1 Å². The summed E-state index contributed by atoms with van der Waals surface area (Å²) in [6.45, 7) is 45.1. The summed E-state index contributed by atoms with van der Waals surface area (Å²) >= 11 is 6.09. The number of alkyl halides is 3. The van der Waals surface area contributed by atoms with E-state index in [2.05, 4.69) is 10.6 Å². The summed E-state index contributed by atoms with van der Waals surface area (Å²) < 4.78 is 88.3. The Labute approximate surface area is 708 Å². The van der Waals surface area contributed by atoms with Gasteiger partial charge in [-0.2, -0.15) is 13.2 Å². The van der Waals surface area contributed by atoms with E-state index in [1.807, 2.05) is 143 Å². The molecule has 0 amide bonds. The lowest BCUT2D eigenvalue weighted by Crippen LogP contribution is -2.39. The highest BCUT2D eigenvalue weighted by molar-refractivity contribution is 6.30. The highest BCUT2D eigenvalue weighted by Crippen LogP contribution is 2.48. The monoisotopic (exact) mass is 1690 g/mol. The first-order chi connectivity index (χ1) is 56.4. The van der Waals surface area contributed by atoms with E-state index >= 15 is 0 Å². The Morgan fingerprint density at radius 2 is 0.625 bits per heavy atom. The molecule has 4 unspecified atom stereocenters. The number of hydrogen-bond donors (Lipinski definition) is 2. The third-order valence-electron chi connectivity index (χ3n) is 19.3. The van der Waals surface area contributed by atoms with E-state index in [1.54, 1.807) is 101 Å². The first-order valence-electron chi connectivity index (χ1n) is 40.5. The van der Waals surface area contributed by atoms with Gasteiger partial charge in [-0.05, 0) is 223 Å². The molecule has 0 radical (unpaired) electrons. The molecule has 0 aromatic heterocycles. The molecule has 28 heteroatoms. The quantitative estimate of drug-likeness (QED) is 0.0231. The molecule has 654 valence electrons. The van der Waals surface area contributed by atoms with Gasteiger partial charge in [0, 0.05) is 74.8 Å². The molecule has 2 N–H and O–H groups in total. The second-order valence-electron chi connectivity index (χ2n) is 30.7. The van der Waals surface area contributed by atoms with Crippen LogP contribution in [0.4, 0.5) is 18.9 Å². The fourth-order valence-corrected chi connectivity index (χ4v) is 14.6. The van der Waals surface area contributed by atoms with Crippen LogP contribution in [0.25, 0.3) is 0 Å². The number of carbonyl (C=O) groups excluding carboxylic acids is 8. The molecule has 0 aliphatic carbocycles. The van der Waals surface area contributed by atoms with Crippen molar-refractivity contribution < 1.29 is 99.1 Å². The zero-order valence-corrected chi connectivity index (χ0v) is 74.5. The van der Waals surface area contributed by atoms with Gasteiger partial charge in [-0.25, -0.2) is 38.4 Å². The highest BCUT2D eigenvalue weighted by Gasteiger charge is 2.46. The fourth-order valence-electron chi connectivity index (χ4n) is 14.5. The van der Waals surface area contributed by atoms with E-state index < -0.39 is 94.2 Å². The number of hydrogen-bond acceptors (Lipinski definition) is 23. The fraction of sp³-hybridized carbons (Fsp3) is 0.478. The maximum absolute atomic E-state index is 13.2. The first-order valence-corrected chi connectivity index (χ1v) is 40.9. The van der Waals surface area contributed by atoms with E-state index in [0.29, 0.717) is 111 Å². The molecule has 8 rings (SSSR count). The molecule has 0 bridgehead atoms. The normalized spacial score (nSPS) is 16.9. The minimum atomic E-state index is -4.50. The molecule has 4 aromatic rings. The van der Waals surface area contributed by atoms with Crippen molar-refractivity contribution in [3.05, 3.63) is 230 Å². The number of allylic oxidation sites excluding steroid dienone is 8. The molecule has 4 aliphatic heterocycles. The number of nitrogens with zero attached hydrogens (tertiary/aromatic N) is 3. The van der Waals surface area contributed by atoms with E-state index in [9.17, 15) is 61.6 Å². The van der Waals surface area contributed by atoms with Crippen molar-refractivity contribution in [1.29, 1.82) is 0 Å². The Bertz CT molecular complexity index is 4620. The third-order valence-corrected chi connectivity index (χ3v) is 19.5. The lowest BCUT2D eigenvalue weighted by atomic mass is 9.79. The topological polar surface area (TPSA) is 293 Å². The zero-order valence-electron chi connectivity index (χ0n) is 73.8. The summed E-state index contributed by atoms with van der Waals surface area (Å²) in [6.07, 6.45) is -3.11. The molecule has 0 saturated heterocycles. The van der Waals surface area contributed by atoms with Crippen LogP contribution in [-0.2, 0) is 82.4 Å². The Balaban J connectivity index is 0.000000285. The van der Waals surface area contributed by atoms with Gasteiger partial charge in [-0.1, -0.05) is 87.8 Å². The van der Waals surface area contributed by atoms with Crippen LogP contribution in [0.2, 0.25) is 5.02 Å². The van der Waals surface area contributed by atoms with Crippen LogP contribution in [-0.4, -0.2) is 133 Å². The van der Waals surface area contributed by atoms with Crippen LogP contribution < -0.4 is 15.4 Å². The molecule has 4 aromatic carbocycles. The van der Waals surface area contributed by atoms with Gasteiger partial charge in [-0.15, -0.1) is 0 Å². The van der Waals surface area contributed by atoms with Crippen molar-refractivity contribution in [3.63, 3.8) is 0 Å². The number of esters is 8. The molecular formula is C92H119ClF3N5O19. The van der Waals surface area contributed by atoms with Crippen molar-refractivity contribution in [1.82, 2.24) is 20.4 Å². The van der Waals surface area contributed by atoms with Crippen LogP contribution >= 0.6 is 11.6 Å². The number of dihydropyridines is 2. The van der Waals surface area contributed by atoms with Crippen LogP contribution in [0, 0.1) is 10.1 Å². The number of rotatable bonds is 28. The molecule has 0 saturated carbocycles. The minimum absolute atomic E-state index is 0.0481. The Morgan fingerprint density at radius 1 is 0.392 bits per heavy atom. The zero-order chi connectivity index (χ0) is 90.2. The van der Waals surface area contributed by atoms with Crippen LogP contribution in [0.5, 0.6) is 5.75 Å². The smallest absolute Gasteiger partial charge is 0.416 e. The maximum Gasteiger partial charge on any atom is 0.416 e. The van der Waals surface area contributed by atoms with Crippen LogP contribution in [0.1, 0.15) is 243 Å². The Kier molecular flexibility index (Phi) is 37.7. The number of carbonyl (C=O) groups is 8. The van der Waals surface area contributed by atoms with Crippen LogP contribution in [0.15, 0.2) is 187 Å². The van der Waals surface area contributed by atoms with Crippen molar-refractivity contribution in [2.24, 2.45) is 0 Å². The molecule has 0 fully saturated rings. The van der Waals surface area contributed by atoms with E-state index in [-0.39, 0.29) is 71.6 Å². The summed E-state index contributed by atoms with van der Waals surface area (Å²) in [5.41, 5.74) is 9.57. The van der Waals surface area contributed by atoms with Crippen molar-refractivity contribution in [2.45, 2.75) is 258 Å². The second-order valence-corrected chi connectivity index (χ2v) is 31.2. The summed E-state index contributed by atoms with van der Waals surface area (Å²) in [4.78, 5) is 119. The largest absolute Gasteiger partial charge is 0.497 e. The summed E-state index contributed by atoms with van der Waals surface area (Å²) in [5, 5.41) is 17.8. The molecule has 0 spiro atoms. The number of halogens is 4. The minimum Gasteiger partial charge on any atom is -0.497 e. The van der Waals surface area contributed by atoms with Gasteiger partial charge in [0.1, 0.15) is 5.75 Å². The van der Waals surface area contributed by atoms with Gasteiger partial charge in [0.15, 0.2) is 0 Å². The average molecular weight is 1690 g/mol. The Hall–Kier alpha value is -11.0. The number of nitro benzene ring substituents is 1. The number of nitrogens with one attached hydrogen (secondary N) is 2. The first kappa shape index (κ1) is 99.6. The molecule has 4 heterocycles. The van der Waals surface area contributed by atoms with E-state index in [0.717, 1.165) is 41.1 Å². The number of benzene rings is 4. The predicted octanol–water partition coefficient (Wildman–Crippen LogP) is 19.1. The van der Waals surface area contributed by atoms with Gasteiger partial charge in [0.25, 0.3) is 5.69 Å². The number of nitro groups is 1. The van der Waals surface area contributed by atoms with Crippen molar-refractivity contribution >= 4 is 65.0 Å².